The Morgan fingerprint density at radius 1 is 1.11 bits per heavy atom. The maximum atomic E-state index is 12.4. The Kier molecular flexibility index (Phi) is 8.11. The van der Waals surface area contributed by atoms with Crippen molar-refractivity contribution in [3.8, 4) is 0 Å². The van der Waals surface area contributed by atoms with Crippen molar-refractivity contribution in [3.63, 3.8) is 0 Å². The van der Waals surface area contributed by atoms with E-state index in [1.807, 2.05) is 6.92 Å². The maximum Gasteiger partial charge on any atom is 0.222 e. The number of fused-ring (bicyclic) bond motifs is 1. The van der Waals surface area contributed by atoms with E-state index in [1.54, 1.807) is 4.90 Å². The minimum atomic E-state index is -0.667. The van der Waals surface area contributed by atoms with Crippen LogP contribution in [0.25, 0.3) is 0 Å². The van der Waals surface area contributed by atoms with Gasteiger partial charge >= 0.3 is 0 Å². The zero-order valence-corrected chi connectivity index (χ0v) is 17.1. The summed E-state index contributed by atoms with van der Waals surface area (Å²) in [5.41, 5.74) is 0. The number of hydrogen-bond donors (Lipinski definition) is 2. The third-order valence-electron chi connectivity index (χ3n) is 6.33. The maximum absolute atomic E-state index is 12.4. The van der Waals surface area contributed by atoms with Crippen LogP contribution in [0.2, 0.25) is 0 Å². The van der Waals surface area contributed by atoms with Crippen molar-refractivity contribution in [2.45, 2.75) is 89.1 Å². The Morgan fingerprint density at radius 3 is 2.64 bits per heavy atom. The summed E-state index contributed by atoms with van der Waals surface area (Å²) in [6.07, 6.45) is 7.53. The molecular weight excluding hydrogens is 360 g/mol. The lowest BCUT2D eigenvalue weighted by Gasteiger charge is -2.44. The van der Waals surface area contributed by atoms with Gasteiger partial charge in [0.05, 0.1) is 37.9 Å². The first kappa shape index (κ1) is 21.5. The van der Waals surface area contributed by atoms with Crippen LogP contribution < -0.4 is 5.32 Å². The first-order valence-electron chi connectivity index (χ1n) is 11.0. The average Bonchev–Trinajstić information content (AvgIpc) is 2.70. The summed E-state index contributed by atoms with van der Waals surface area (Å²) in [6.45, 7) is 3.44. The van der Waals surface area contributed by atoms with Crippen molar-refractivity contribution in [2.75, 3.05) is 26.3 Å². The van der Waals surface area contributed by atoms with Gasteiger partial charge in [-0.05, 0) is 31.6 Å². The van der Waals surface area contributed by atoms with E-state index in [1.165, 1.54) is 32.1 Å². The van der Waals surface area contributed by atoms with Gasteiger partial charge in [-0.15, -0.1) is 0 Å². The Bertz CT molecular complexity index is 523. The topological polar surface area (TPSA) is 88.1 Å². The molecule has 2 N–H and O–H groups in total. The van der Waals surface area contributed by atoms with Crippen LogP contribution in [-0.2, 0) is 19.1 Å². The number of aliphatic hydroxyl groups excluding tert-OH is 1. The van der Waals surface area contributed by atoms with Crippen LogP contribution in [0, 0.1) is 5.92 Å². The molecule has 3 rings (SSSR count). The van der Waals surface area contributed by atoms with E-state index >= 15 is 0 Å². The minimum Gasteiger partial charge on any atom is -0.389 e. The molecule has 7 nitrogen and oxygen atoms in total. The fourth-order valence-electron chi connectivity index (χ4n) is 4.76. The number of amides is 2. The Hall–Kier alpha value is -1.18. The predicted octanol–water partition coefficient (Wildman–Crippen LogP) is 1.62. The molecule has 0 aromatic carbocycles. The van der Waals surface area contributed by atoms with Gasteiger partial charge in [-0.2, -0.15) is 0 Å². The largest absolute Gasteiger partial charge is 0.389 e. The molecule has 2 heterocycles. The fourth-order valence-corrected chi connectivity index (χ4v) is 4.76. The second-order valence-electron chi connectivity index (χ2n) is 8.54. The molecule has 3 fully saturated rings. The highest BCUT2D eigenvalue weighted by molar-refractivity contribution is 5.77. The Labute approximate surface area is 168 Å². The number of rotatable bonds is 5. The number of hydrogen-bond acceptors (Lipinski definition) is 5. The summed E-state index contributed by atoms with van der Waals surface area (Å²) in [6, 6.07) is -0.0936. The van der Waals surface area contributed by atoms with Crippen LogP contribution in [-0.4, -0.2) is 72.5 Å². The molecule has 0 aromatic rings. The van der Waals surface area contributed by atoms with Crippen molar-refractivity contribution in [2.24, 2.45) is 5.92 Å². The van der Waals surface area contributed by atoms with Crippen LogP contribution in [0.1, 0.15) is 64.7 Å². The lowest BCUT2D eigenvalue weighted by molar-refractivity contribution is -0.169. The molecule has 0 radical (unpaired) electrons. The molecule has 7 heteroatoms. The van der Waals surface area contributed by atoms with Crippen LogP contribution in [0.5, 0.6) is 0 Å². The summed E-state index contributed by atoms with van der Waals surface area (Å²) >= 11 is 0. The van der Waals surface area contributed by atoms with Crippen molar-refractivity contribution in [1.29, 1.82) is 0 Å². The molecule has 2 amide bonds. The monoisotopic (exact) mass is 396 g/mol. The quantitative estimate of drug-likeness (QED) is 0.737. The lowest BCUT2D eigenvalue weighted by Crippen LogP contribution is -2.57. The SMILES string of the molecule is CCC(=O)N1C[C@@H](O)COC[C@@H]2O[C@@H](CC(=O)NCC3CCCCC3)CC[C@H]21. The summed E-state index contributed by atoms with van der Waals surface area (Å²) in [4.78, 5) is 26.5. The Balaban J connectivity index is 1.50. The van der Waals surface area contributed by atoms with Gasteiger partial charge in [0.1, 0.15) is 6.10 Å². The van der Waals surface area contributed by atoms with Gasteiger partial charge in [-0.25, -0.2) is 0 Å². The van der Waals surface area contributed by atoms with E-state index in [4.69, 9.17) is 9.47 Å². The third kappa shape index (κ3) is 5.91. The first-order valence-corrected chi connectivity index (χ1v) is 11.0. The molecule has 2 aliphatic heterocycles. The number of nitrogens with zero attached hydrogens (tertiary/aromatic N) is 1. The summed E-state index contributed by atoms with van der Waals surface area (Å²) in [7, 11) is 0. The van der Waals surface area contributed by atoms with Crippen LogP contribution in [0.4, 0.5) is 0 Å². The van der Waals surface area contributed by atoms with Gasteiger partial charge in [0, 0.05) is 19.5 Å². The smallest absolute Gasteiger partial charge is 0.222 e. The summed E-state index contributed by atoms with van der Waals surface area (Å²) in [5.74, 6) is 0.703. The van der Waals surface area contributed by atoms with Gasteiger partial charge in [-0.3, -0.25) is 9.59 Å². The molecule has 0 bridgehead atoms. The molecule has 1 saturated carbocycles. The first-order chi connectivity index (χ1) is 13.6. The summed E-state index contributed by atoms with van der Waals surface area (Å²) < 4.78 is 11.8. The van der Waals surface area contributed by atoms with Gasteiger partial charge in [0.15, 0.2) is 0 Å². The molecule has 3 aliphatic rings. The van der Waals surface area contributed by atoms with Gasteiger partial charge in [0.25, 0.3) is 0 Å². The zero-order valence-electron chi connectivity index (χ0n) is 17.1. The third-order valence-corrected chi connectivity index (χ3v) is 6.33. The van der Waals surface area contributed by atoms with E-state index in [2.05, 4.69) is 5.32 Å². The van der Waals surface area contributed by atoms with E-state index in [0.29, 0.717) is 25.4 Å². The molecule has 160 valence electrons. The average molecular weight is 397 g/mol. The normalized spacial score (nSPS) is 32.1. The van der Waals surface area contributed by atoms with Crippen molar-refractivity contribution in [1.82, 2.24) is 10.2 Å². The summed E-state index contributed by atoms with van der Waals surface area (Å²) in [5, 5.41) is 13.1. The van der Waals surface area contributed by atoms with Crippen molar-refractivity contribution in [3.05, 3.63) is 0 Å². The molecular formula is C21H36N2O5. The van der Waals surface area contributed by atoms with E-state index in [0.717, 1.165) is 19.4 Å². The molecule has 0 aromatic heterocycles. The fraction of sp³-hybridized carbons (Fsp3) is 0.905. The number of carbonyl (C=O) groups excluding carboxylic acids is 2. The number of nitrogens with one attached hydrogen (secondary N) is 1. The number of aliphatic hydroxyl groups is 1. The lowest BCUT2D eigenvalue weighted by atomic mass is 9.89. The van der Waals surface area contributed by atoms with Gasteiger partial charge in [0.2, 0.25) is 11.8 Å². The molecule has 4 atom stereocenters. The Morgan fingerprint density at radius 2 is 1.89 bits per heavy atom. The van der Waals surface area contributed by atoms with E-state index in [-0.39, 0.29) is 43.2 Å². The molecule has 2 saturated heterocycles. The highest BCUT2D eigenvalue weighted by atomic mass is 16.5. The highest BCUT2D eigenvalue weighted by Crippen LogP contribution is 2.28. The molecule has 1 aliphatic carbocycles. The van der Waals surface area contributed by atoms with E-state index in [9.17, 15) is 14.7 Å². The zero-order chi connectivity index (χ0) is 19.9. The van der Waals surface area contributed by atoms with Crippen LogP contribution in [0.15, 0.2) is 0 Å². The minimum absolute atomic E-state index is 0.0308. The molecule has 0 unspecified atom stereocenters. The second-order valence-corrected chi connectivity index (χ2v) is 8.54. The molecule has 0 spiro atoms. The predicted molar refractivity (Wildman–Crippen MR) is 105 cm³/mol. The standard InChI is InChI=1S/C21H36N2O5/c1-2-21(26)23-12-16(24)13-27-14-19-18(23)9-8-17(28-19)10-20(25)22-11-15-6-4-3-5-7-15/h15-19,24H,2-14H2,1H3,(H,22,25)/t16-,17-,18-,19+/m1/s1. The van der Waals surface area contributed by atoms with Gasteiger partial charge in [-0.1, -0.05) is 26.2 Å². The van der Waals surface area contributed by atoms with E-state index < -0.39 is 6.10 Å². The number of β-amino-alcohol motifs (C(OH)–C–C–N with tert-alkyl or cyclic N) is 1. The highest BCUT2D eigenvalue weighted by Gasteiger charge is 2.39. The van der Waals surface area contributed by atoms with Crippen LogP contribution in [0.3, 0.4) is 0 Å². The van der Waals surface area contributed by atoms with Gasteiger partial charge < -0.3 is 24.8 Å². The van der Waals surface area contributed by atoms with Crippen molar-refractivity contribution >= 4 is 11.8 Å². The molecule has 28 heavy (non-hydrogen) atoms. The number of carbonyl (C=O) groups is 2. The van der Waals surface area contributed by atoms with Crippen molar-refractivity contribution < 1.29 is 24.2 Å². The number of ether oxygens (including phenoxy) is 2. The second kappa shape index (κ2) is 10.6. The van der Waals surface area contributed by atoms with Crippen LogP contribution >= 0.6 is 0 Å².